The molecule has 1 aromatic heterocycles. The second-order valence-electron chi connectivity index (χ2n) is 15.2. The van der Waals surface area contributed by atoms with E-state index in [1.807, 2.05) is 32.0 Å². The minimum absolute atomic E-state index is 0.0666. The molecule has 2 aromatic carbocycles. The highest BCUT2D eigenvalue weighted by atomic mass is 35.5. The van der Waals surface area contributed by atoms with Gasteiger partial charge in [-0.2, -0.15) is 5.10 Å². The van der Waals surface area contributed by atoms with Crippen LogP contribution in [0.2, 0.25) is 5.02 Å². The molecule has 1 unspecified atom stereocenters. The van der Waals surface area contributed by atoms with Crippen LogP contribution in [0.1, 0.15) is 90.4 Å². The number of carbonyl (C=O) groups is 2. The molecule has 278 valence electrons. The van der Waals surface area contributed by atoms with Crippen molar-refractivity contribution in [3.8, 4) is 5.75 Å². The molecule has 0 saturated heterocycles. The predicted octanol–water partition coefficient (Wildman–Crippen LogP) is 7.09. The van der Waals surface area contributed by atoms with Crippen molar-refractivity contribution in [3.63, 3.8) is 0 Å². The normalized spacial score (nSPS) is 30.9. The first-order chi connectivity index (χ1) is 24.9. The van der Waals surface area contributed by atoms with E-state index in [0.717, 1.165) is 49.4 Å². The topological polar surface area (TPSA) is 115 Å². The van der Waals surface area contributed by atoms with Gasteiger partial charge >= 0.3 is 0 Å². The molecule has 7 atom stereocenters. The first kappa shape index (κ1) is 36.7. The molecule has 10 nitrogen and oxygen atoms in total. The SMILES string of the molecule is CCc1nn(C)cc1C(=O)NS1(=O)=NC(=O)c2ccc3c(c2)N(C[C@@H]2CC[C@H]2[C@@H](OC)/C=C/C[C@H](C)[C@H]1C)C[C@@]1(CCCc2cc(Cl)ccc21)CO3. The number of fused-ring (bicyclic) bond motifs is 4. The lowest BCUT2D eigenvalue weighted by Crippen LogP contribution is -2.49. The number of hydrogen-bond donors (Lipinski definition) is 1. The fourth-order valence-electron chi connectivity index (χ4n) is 8.66. The van der Waals surface area contributed by atoms with Crippen LogP contribution in [0.15, 0.2) is 59.1 Å². The fourth-order valence-corrected chi connectivity index (χ4v) is 10.7. The van der Waals surface area contributed by atoms with E-state index in [1.165, 1.54) is 11.1 Å². The van der Waals surface area contributed by atoms with E-state index in [9.17, 15) is 13.8 Å². The van der Waals surface area contributed by atoms with Crippen LogP contribution in [0, 0.1) is 17.8 Å². The average molecular weight is 748 g/mol. The number of carbonyl (C=O) groups excluding carboxylic acids is 2. The third kappa shape index (κ3) is 6.92. The van der Waals surface area contributed by atoms with Gasteiger partial charge in [0.15, 0.2) is 0 Å². The number of halogens is 1. The van der Waals surface area contributed by atoms with Gasteiger partial charge in [-0.3, -0.25) is 19.0 Å². The number of nitrogens with one attached hydrogen (secondary N) is 1. The number of methoxy groups -OCH3 is 1. The van der Waals surface area contributed by atoms with Gasteiger partial charge in [0.05, 0.1) is 34.9 Å². The van der Waals surface area contributed by atoms with E-state index < -0.39 is 27.0 Å². The van der Waals surface area contributed by atoms with Gasteiger partial charge in [-0.25, -0.2) is 4.21 Å². The van der Waals surface area contributed by atoms with Gasteiger partial charge in [-0.1, -0.05) is 43.7 Å². The number of allylic oxidation sites excluding steroid dienone is 1. The molecule has 3 heterocycles. The maximum Gasteiger partial charge on any atom is 0.286 e. The molecule has 3 aromatic rings. The number of ether oxygens (including phenoxy) is 2. The Morgan fingerprint density at radius 1 is 1.19 bits per heavy atom. The summed E-state index contributed by atoms with van der Waals surface area (Å²) in [5.74, 6) is 0.0330. The van der Waals surface area contributed by atoms with Crippen LogP contribution in [0.25, 0.3) is 0 Å². The molecule has 2 bridgehead atoms. The zero-order valence-electron chi connectivity index (χ0n) is 30.8. The number of nitrogens with zero attached hydrogens (tertiary/aromatic N) is 4. The molecular formula is C40H50ClN5O5S. The lowest BCUT2D eigenvalue weighted by atomic mass is 9.68. The van der Waals surface area contributed by atoms with Crippen LogP contribution < -0.4 is 14.4 Å². The summed E-state index contributed by atoms with van der Waals surface area (Å²) in [5, 5.41) is 4.47. The predicted molar refractivity (Wildman–Crippen MR) is 205 cm³/mol. The van der Waals surface area contributed by atoms with Gasteiger partial charge in [0.1, 0.15) is 15.7 Å². The van der Waals surface area contributed by atoms with Crippen molar-refractivity contribution in [1.29, 1.82) is 0 Å². The molecule has 1 saturated carbocycles. The summed E-state index contributed by atoms with van der Waals surface area (Å²) in [4.78, 5) is 30.3. The molecular weight excluding hydrogens is 698 g/mol. The second kappa shape index (κ2) is 14.6. The summed E-state index contributed by atoms with van der Waals surface area (Å²) in [6, 6.07) is 11.6. The smallest absolute Gasteiger partial charge is 0.286 e. The van der Waals surface area contributed by atoms with E-state index >= 15 is 0 Å². The van der Waals surface area contributed by atoms with Crippen molar-refractivity contribution in [2.75, 3.05) is 31.7 Å². The Morgan fingerprint density at radius 3 is 2.77 bits per heavy atom. The highest BCUT2D eigenvalue weighted by molar-refractivity contribution is 7.93. The summed E-state index contributed by atoms with van der Waals surface area (Å²) in [5.41, 5.74) is 4.29. The summed E-state index contributed by atoms with van der Waals surface area (Å²) >= 11 is 6.47. The lowest BCUT2D eigenvalue weighted by Gasteiger charge is -2.46. The number of hydrogen-bond acceptors (Lipinski definition) is 7. The third-order valence-electron chi connectivity index (χ3n) is 12.0. The van der Waals surface area contributed by atoms with Crippen LogP contribution in [0.4, 0.5) is 5.69 Å². The Morgan fingerprint density at radius 2 is 2.02 bits per heavy atom. The van der Waals surface area contributed by atoms with Gasteiger partial charge in [0.25, 0.3) is 11.8 Å². The minimum Gasteiger partial charge on any atom is -0.490 e. The number of benzene rings is 2. The highest BCUT2D eigenvalue weighted by Crippen LogP contribution is 2.47. The van der Waals surface area contributed by atoms with Gasteiger partial charge in [0, 0.05) is 49.4 Å². The van der Waals surface area contributed by atoms with Gasteiger partial charge in [-0.05, 0) is 111 Å². The Labute approximate surface area is 312 Å². The minimum atomic E-state index is -3.62. The van der Waals surface area contributed by atoms with Gasteiger partial charge in [0.2, 0.25) is 0 Å². The van der Waals surface area contributed by atoms with Crippen LogP contribution in [-0.2, 0) is 40.0 Å². The van der Waals surface area contributed by atoms with Crippen LogP contribution in [-0.4, -0.2) is 64.0 Å². The molecule has 2 amide bonds. The molecule has 1 fully saturated rings. The van der Waals surface area contributed by atoms with Crippen molar-refractivity contribution in [1.82, 2.24) is 14.5 Å². The average Bonchev–Trinajstić information content (AvgIpc) is 3.43. The Bertz CT molecular complexity index is 2020. The zero-order chi connectivity index (χ0) is 36.8. The van der Waals surface area contributed by atoms with E-state index in [4.69, 9.17) is 21.1 Å². The van der Waals surface area contributed by atoms with E-state index in [2.05, 4.69) is 43.4 Å². The molecule has 1 N–H and O–H groups in total. The maximum atomic E-state index is 14.9. The molecule has 7 rings (SSSR count). The fraction of sp³-hybridized carbons (Fsp3) is 0.525. The van der Waals surface area contributed by atoms with Crippen LogP contribution in [0.5, 0.6) is 5.75 Å². The number of aryl methyl sites for hydroxylation is 3. The van der Waals surface area contributed by atoms with Crippen molar-refractivity contribution >= 4 is 39.0 Å². The molecule has 2 aliphatic heterocycles. The summed E-state index contributed by atoms with van der Waals surface area (Å²) < 4.78 is 36.4. The largest absolute Gasteiger partial charge is 0.490 e. The monoisotopic (exact) mass is 747 g/mol. The van der Waals surface area contributed by atoms with E-state index in [-0.39, 0.29) is 17.4 Å². The number of amides is 2. The van der Waals surface area contributed by atoms with Crippen LogP contribution in [0.3, 0.4) is 0 Å². The first-order valence-corrected chi connectivity index (χ1v) is 20.5. The molecule has 0 radical (unpaired) electrons. The van der Waals surface area contributed by atoms with Crippen molar-refractivity contribution in [2.45, 2.75) is 82.5 Å². The van der Waals surface area contributed by atoms with Gasteiger partial charge in [-0.15, -0.1) is 4.36 Å². The summed E-state index contributed by atoms with van der Waals surface area (Å²) in [6.07, 6.45) is 12.0. The Hall–Kier alpha value is -3.67. The quantitative estimate of drug-likeness (QED) is 0.284. The zero-order valence-corrected chi connectivity index (χ0v) is 32.3. The Balaban J connectivity index is 1.33. The Kier molecular flexibility index (Phi) is 10.3. The van der Waals surface area contributed by atoms with Crippen molar-refractivity contribution in [2.24, 2.45) is 29.2 Å². The van der Waals surface area contributed by atoms with Crippen molar-refractivity contribution in [3.05, 3.63) is 87.7 Å². The lowest BCUT2D eigenvalue weighted by molar-refractivity contribution is 0.0131. The summed E-state index contributed by atoms with van der Waals surface area (Å²) in [7, 11) is -0.110. The first-order valence-electron chi connectivity index (χ1n) is 18.6. The third-order valence-corrected chi connectivity index (χ3v) is 14.6. The van der Waals surface area contributed by atoms with Gasteiger partial charge < -0.3 is 14.4 Å². The molecule has 52 heavy (non-hydrogen) atoms. The standard InChI is InChI=1S/C40H50ClN5O5S/c1-6-34-32(22-45(4)42-34)39(48)44-52(49)26(3)25(2)9-7-11-36(50-5)31-15-12-29(31)21-46-23-40(18-8-10-27-19-30(41)14-16-33(27)40)24-51-37-17-13-28(20-35(37)46)38(47)43-52/h7,11,13-14,16-17,19-20,22,25-26,29,31,36H,6,8-10,12,15,18,21,23-24H2,1-5H3,(H,43,44,47,48,49)/b11-7+/t25-,26+,29-,31+,36-,40-,52?/m0/s1. The molecule has 2 aliphatic carbocycles. The molecule has 12 heteroatoms. The molecule has 1 spiro atoms. The second-order valence-corrected chi connectivity index (χ2v) is 18.0. The van der Waals surface area contributed by atoms with Crippen molar-refractivity contribution < 1.29 is 23.3 Å². The van der Waals surface area contributed by atoms with E-state index in [1.54, 1.807) is 38.0 Å². The van der Waals surface area contributed by atoms with E-state index in [0.29, 0.717) is 60.4 Å². The highest BCUT2D eigenvalue weighted by Gasteiger charge is 2.44. The number of aromatic nitrogens is 2. The maximum absolute atomic E-state index is 14.9. The number of anilines is 1. The van der Waals surface area contributed by atoms with Crippen LogP contribution >= 0.6 is 11.6 Å². The molecule has 4 aliphatic rings. The number of rotatable bonds is 4. The summed E-state index contributed by atoms with van der Waals surface area (Å²) in [6.45, 7) is 7.67.